The molecular formula is C17H20N4O4. The van der Waals surface area contributed by atoms with Gasteiger partial charge in [0.05, 0.1) is 0 Å². The summed E-state index contributed by atoms with van der Waals surface area (Å²) in [5.74, 6) is 0.596. The minimum absolute atomic E-state index is 0.00520. The molecule has 1 saturated heterocycles. The molecule has 1 aliphatic heterocycles. The lowest BCUT2D eigenvalue weighted by atomic mass is 10.1. The van der Waals surface area contributed by atoms with Crippen molar-refractivity contribution in [1.29, 1.82) is 0 Å². The number of rotatable bonds is 5. The number of hydrogen-bond acceptors (Lipinski definition) is 5. The molecule has 25 heavy (non-hydrogen) atoms. The summed E-state index contributed by atoms with van der Waals surface area (Å²) < 4.78 is 7.14. The first-order chi connectivity index (χ1) is 12.1. The lowest BCUT2D eigenvalue weighted by Crippen LogP contribution is -2.42. The molecule has 0 unspecified atom stereocenters. The third kappa shape index (κ3) is 4.56. The molecule has 0 radical (unpaired) electrons. The molecule has 0 atom stereocenters. The van der Waals surface area contributed by atoms with Crippen molar-refractivity contribution in [1.82, 2.24) is 19.4 Å². The van der Waals surface area contributed by atoms with Gasteiger partial charge in [0.15, 0.2) is 0 Å². The van der Waals surface area contributed by atoms with Gasteiger partial charge in [0.25, 0.3) is 5.56 Å². The van der Waals surface area contributed by atoms with Crippen LogP contribution in [0.25, 0.3) is 0 Å². The number of amides is 1. The van der Waals surface area contributed by atoms with Gasteiger partial charge < -0.3 is 14.2 Å². The van der Waals surface area contributed by atoms with Gasteiger partial charge in [-0.25, -0.2) is 9.78 Å². The van der Waals surface area contributed by atoms with Crippen LogP contribution in [0.3, 0.4) is 0 Å². The van der Waals surface area contributed by atoms with Crippen molar-refractivity contribution in [2.45, 2.75) is 31.9 Å². The Balaban J connectivity index is 1.46. The lowest BCUT2D eigenvalue weighted by Gasteiger charge is -2.32. The zero-order chi connectivity index (χ0) is 17.6. The summed E-state index contributed by atoms with van der Waals surface area (Å²) in [5.41, 5.74) is -0.940. The average Bonchev–Trinajstić information content (AvgIpc) is 2.62. The Morgan fingerprint density at radius 3 is 2.72 bits per heavy atom. The molecule has 8 heteroatoms. The van der Waals surface area contributed by atoms with Crippen LogP contribution >= 0.6 is 0 Å². The highest BCUT2D eigenvalue weighted by molar-refractivity contribution is 5.76. The van der Waals surface area contributed by atoms with Crippen molar-refractivity contribution in [3.8, 4) is 5.88 Å². The van der Waals surface area contributed by atoms with E-state index in [1.165, 1.54) is 16.8 Å². The number of aromatic nitrogens is 3. The maximum atomic E-state index is 12.3. The molecule has 1 amide bonds. The molecule has 132 valence electrons. The van der Waals surface area contributed by atoms with Crippen LogP contribution in [0.4, 0.5) is 0 Å². The molecule has 2 aromatic rings. The Labute approximate surface area is 144 Å². The van der Waals surface area contributed by atoms with E-state index in [9.17, 15) is 14.4 Å². The molecule has 1 N–H and O–H groups in total. The largest absolute Gasteiger partial charge is 0.474 e. The molecule has 2 aromatic heterocycles. The van der Waals surface area contributed by atoms with E-state index in [-0.39, 0.29) is 25.0 Å². The summed E-state index contributed by atoms with van der Waals surface area (Å²) in [6.07, 6.45) is 4.87. The number of carbonyl (C=O) groups excluding carboxylic acids is 1. The highest BCUT2D eigenvalue weighted by Gasteiger charge is 2.24. The van der Waals surface area contributed by atoms with Gasteiger partial charge in [-0.1, -0.05) is 6.07 Å². The second-order valence-electron chi connectivity index (χ2n) is 5.92. The van der Waals surface area contributed by atoms with E-state index in [4.69, 9.17) is 4.74 Å². The molecule has 0 saturated carbocycles. The zero-order valence-corrected chi connectivity index (χ0v) is 13.8. The monoisotopic (exact) mass is 344 g/mol. The maximum absolute atomic E-state index is 12.3. The van der Waals surface area contributed by atoms with E-state index < -0.39 is 11.2 Å². The SMILES string of the molecule is O=C(CCn1ccc(=O)[nH]c1=O)N1CCC(Oc2ccccn2)CC1. The third-order valence-corrected chi connectivity index (χ3v) is 4.18. The fraction of sp³-hybridized carbons (Fsp3) is 0.412. The van der Waals surface area contributed by atoms with Crippen LogP contribution in [0.5, 0.6) is 5.88 Å². The fourth-order valence-corrected chi connectivity index (χ4v) is 2.81. The number of ether oxygens (including phenoxy) is 1. The molecule has 0 aliphatic carbocycles. The zero-order valence-electron chi connectivity index (χ0n) is 13.8. The third-order valence-electron chi connectivity index (χ3n) is 4.18. The number of H-pyrrole nitrogens is 1. The predicted octanol–water partition coefficient (Wildman–Crippen LogP) is 0.392. The van der Waals surface area contributed by atoms with E-state index in [1.54, 1.807) is 11.1 Å². The van der Waals surface area contributed by atoms with Gasteiger partial charge in [-0.2, -0.15) is 0 Å². The van der Waals surface area contributed by atoms with E-state index in [0.29, 0.717) is 19.0 Å². The summed E-state index contributed by atoms with van der Waals surface area (Å²) >= 11 is 0. The highest BCUT2D eigenvalue weighted by Crippen LogP contribution is 2.17. The van der Waals surface area contributed by atoms with Crippen molar-refractivity contribution in [2.24, 2.45) is 0 Å². The quantitative estimate of drug-likeness (QED) is 0.846. The van der Waals surface area contributed by atoms with Crippen LogP contribution in [0.15, 0.2) is 46.2 Å². The van der Waals surface area contributed by atoms with Crippen molar-refractivity contribution < 1.29 is 9.53 Å². The summed E-state index contributed by atoms with van der Waals surface area (Å²) in [5, 5.41) is 0. The standard InChI is InChI=1S/C17H20N4O4/c22-14-6-11-21(17(24)19-14)12-7-16(23)20-9-4-13(5-10-20)25-15-3-1-2-8-18-15/h1-3,6,8,11,13H,4-5,7,9-10,12H2,(H,19,22,24). The first-order valence-electron chi connectivity index (χ1n) is 8.27. The van der Waals surface area contributed by atoms with Gasteiger partial charge >= 0.3 is 5.69 Å². The van der Waals surface area contributed by atoms with Crippen molar-refractivity contribution >= 4 is 5.91 Å². The van der Waals surface area contributed by atoms with Crippen LogP contribution in [-0.4, -0.2) is 44.5 Å². The minimum Gasteiger partial charge on any atom is -0.474 e. The Hall–Kier alpha value is -2.90. The van der Waals surface area contributed by atoms with Crippen LogP contribution in [0.2, 0.25) is 0 Å². The second kappa shape index (κ2) is 7.78. The van der Waals surface area contributed by atoms with Gasteiger partial charge in [-0.05, 0) is 6.07 Å². The molecule has 1 fully saturated rings. The van der Waals surface area contributed by atoms with Gasteiger partial charge in [-0.3, -0.25) is 14.6 Å². The average molecular weight is 344 g/mol. The normalized spacial score (nSPS) is 15.1. The number of likely N-dealkylation sites (tertiary alicyclic amines) is 1. The molecule has 3 rings (SSSR count). The van der Waals surface area contributed by atoms with Gasteiger partial charge in [0.1, 0.15) is 6.10 Å². The molecule has 0 bridgehead atoms. The molecule has 0 spiro atoms. The van der Waals surface area contributed by atoms with Gasteiger partial charge in [0, 0.05) is 63.4 Å². The number of hydrogen-bond donors (Lipinski definition) is 1. The topological polar surface area (TPSA) is 97.3 Å². The number of nitrogens with zero attached hydrogens (tertiary/aromatic N) is 3. The smallest absolute Gasteiger partial charge is 0.328 e. The lowest BCUT2D eigenvalue weighted by molar-refractivity contribution is -0.133. The molecule has 8 nitrogen and oxygen atoms in total. The van der Waals surface area contributed by atoms with E-state index >= 15 is 0 Å². The number of aryl methyl sites for hydroxylation is 1. The Bertz CT molecular complexity index is 822. The van der Waals surface area contributed by atoms with Gasteiger partial charge in [-0.15, -0.1) is 0 Å². The highest BCUT2D eigenvalue weighted by atomic mass is 16.5. The summed E-state index contributed by atoms with van der Waals surface area (Å²) in [7, 11) is 0. The number of carbonyl (C=O) groups is 1. The van der Waals surface area contributed by atoms with Crippen LogP contribution < -0.4 is 16.0 Å². The van der Waals surface area contributed by atoms with Gasteiger partial charge in [0.2, 0.25) is 11.8 Å². The molecule has 0 aromatic carbocycles. The summed E-state index contributed by atoms with van der Waals surface area (Å²) in [6, 6.07) is 6.80. The number of nitrogens with one attached hydrogen (secondary N) is 1. The van der Waals surface area contributed by atoms with Crippen LogP contribution in [0, 0.1) is 0 Å². The summed E-state index contributed by atoms with van der Waals surface area (Å²) in [4.78, 5) is 43.0. The molecule has 1 aliphatic rings. The minimum atomic E-state index is -0.497. The van der Waals surface area contributed by atoms with Crippen LogP contribution in [0.1, 0.15) is 19.3 Å². The Morgan fingerprint density at radius 1 is 1.24 bits per heavy atom. The number of aromatic amines is 1. The molecular weight excluding hydrogens is 324 g/mol. The number of pyridine rings is 1. The van der Waals surface area contributed by atoms with Crippen molar-refractivity contribution in [2.75, 3.05) is 13.1 Å². The summed E-state index contributed by atoms with van der Waals surface area (Å²) in [6.45, 7) is 1.49. The van der Waals surface area contributed by atoms with E-state index in [1.807, 2.05) is 18.2 Å². The first kappa shape index (κ1) is 16.9. The van der Waals surface area contributed by atoms with Crippen molar-refractivity contribution in [3.63, 3.8) is 0 Å². The second-order valence-corrected chi connectivity index (χ2v) is 5.92. The predicted molar refractivity (Wildman–Crippen MR) is 90.4 cm³/mol. The number of piperidine rings is 1. The Kier molecular flexibility index (Phi) is 5.27. The van der Waals surface area contributed by atoms with E-state index in [2.05, 4.69) is 9.97 Å². The first-order valence-corrected chi connectivity index (χ1v) is 8.27. The van der Waals surface area contributed by atoms with Crippen LogP contribution in [-0.2, 0) is 11.3 Å². The molecule has 3 heterocycles. The van der Waals surface area contributed by atoms with E-state index in [0.717, 1.165) is 12.8 Å². The van der Waals surface area contributed by atoms with Crippen molar-refractivity contribution in [3.05, 3.63) is 57.5 Å². The maximum Gasteiger partial charge on any atom is 0.328 e. The fourth-order valence-electron chi connectivity index (χ4n) is 2.81. The Morgan fingerprint density at radius 2 is 2.04 bits per heavy atom.